The Labute approximate surface area is 199 Å². The van der Waals surface area contributed by atoms with Crippen molar-refractivity contribution in [1.82, 2.24) is 10.4 Å². The molecule has 1 fully saturated rings. The van der Waals surface area contributed by atoms with E-state index in [0.29, 0.717) is 16.5 Å². The van der Waals surface area contributed by atoms with E-state index >= 15 is 0 Å². The second kappa shape index (κ2) is 10.5. The molecule has 11 heteroatoms. The number of ether oxygens (including phenoxy) is 3. The molecule has 0 spiro atoms. The van der Waals surface area contributed by atoms with Crippen LogP contribution in [0.15, 0.2) is 36.4 Å². The van der Waals surface area contributed by atoms with Crippen molar-refractivity contribution in [3.63, 3.8) is 0 Å². The van der Waals surface area contributed by atoms with Gasteiger partial charge in [0.1, 0.15) is 11.5 Å². The molecule has 174 valence electrons. The van der Waals surface area contributed by atoms with Gasteiger partial charge in [-0.25, -0.2) is 0 Å². The molecule has 0 bridgehead atoms. The van der Waals surface area contributed by atoms with Crippen LogP contribution in [-0.2, 0) is 14.3 Å². The van der Waals surface area contributed by atoms with E-state index in [4.69, 9.17) is 37.4 Å². The Balaban J connectivity index is 1.57. The number of benzene rings is 2. The molecule has 2 amide bonds. The van der Waals surface area contributed by atoms with Crippen LogP contribution in [0, 0.1) is 5.92 Å². The van der Waals surface area contributed by atoms with Gasteiger partial charge < -0.3 is 14.2 Å². The van der Waals surface area contributed by atoms with Gasteiger partial charge in [-0.3, -0.25) is 29.6 Å². The molecule has 0 saturated carbocycles. The van der Waals surface area contributed by atoms with Gasteiger partial charge in [0, 0.05) is 28.6 Å². The number of amides is 2. The number of halogens is 2. The van der Waals surface area contributed by atoms with E-state index < -0.39 is 36.1 Å². The zero-order valence-corrected chi connectivity index (χ0v) is 19.2. The third-order valence-electron chi connectivity index (χ3n) is 4.89. The third kappa shape index (κ3) is 5.94. The van der Waals surface area contributed by atoms with Crippen LogP contribution < -0.4 is 14.9 Å². The predicted octanol–water partition coefficient (Wildman–Crippen LogP) is 2.93. The lowest BCUT2D eigenvalue weighted by Crippen LogP contribution is -2.43. The van der Waals surface area contributed by atoms with Gasteiger partial charge in [0.25, 0.3) is 5.91 Å². The van der Waals surface area contributed by atoms with Crippen LogP contribution in [0.1, 0.15) is 27.1 Å². The molecular weight excluding hydrogens is 475 g/mol. The Morgan fingerprint density at radius 3 is 2.33 bits per heavy atom. The summed E-state index contributed by atoms with van der Waals surface area (Å²) >= 11 is 11.8. The highest BCUT2D eigenvalue weighted by atomic mass is 35.5. The maximum atomic E-state index is 12.6. The van der Waals surface area contributed by atoms with Crippen molar-refractivity contribution in [2.45, 2.75) is 6.42 Å². The number of hydrogen-bond acceptors (Lipinski definition) is 7. The minimum absolute atomic E-state index is 0.0968. The van der Waals surface area contributed by atoms with Gasteiger partial charge >= 0.3 is 5.97 Å². The lowest BCUT2D eigenvalue weighted by molar-refractivity contribution is -0.147. The van der Waals surface area contributed by atoms with E-state index in [1.807, 2.05) is 0 Å². The highest BCUT2D eigenvalue weighted by Gasteiger charge is 2.37. The first-order valence-electron chi connectivity index (χ1n) is 9.71. The molecule has 1 heterocycles. The summed E-state index contributed by atoms with van der Waals surface area (Å²) in [5, 5.41) is 1.55. The van der Waals surface area contributed by atoms with Crippen molar-refractivity contribution in [3.8, 4) is 11.5 Å². The van der Waals surface area contributed by atoms with E-state index in [0.717, 1.165) is 5.01 Å². The van der Waals surface area contributed by atoms with Gasteiger partial charge in [0.15, 0.2) is 6.61 Å². The van der Waals surface area contributed by atoms with Crippen LogP contribution in [-0.4, -0.2) is 55.9 Å². The number of hydrazine groups is 1. The fourth-order valence-corrected chi connectivity index (χ4v) is 3.66. The van der Waals surface area contributed by atoms with Crippen LogP contribution in [0.4, 0.5) is 0 Å². The molecule has 3 rings (SSSR count). The summed E-state index contributed by atoms with van der Waals surface area (Å²) in [5.41, 5.74) is 2.83. The number of Topliss-reactive ketones (excluding diaryl/α,β-unsaturated/α-hetero) is 1. The highest BCUT2D eigenvalue weighted by Crippen LogP contribution is 2.24. The van der Waals surface area contributed by atoms with Crippen LogP contribution in [0.2, 0.25) is 10.0 Å². The minimum Gasteiger partial charge on any atom is -0.497 e. The average Bonchev–Trinajstić information content (AvgIpc) is 3.16. The Morgan fingerprint density at radius 2 is 1.73 bits per heavy atom. The van der Waals surface area contributed by atoms with Crippen molar-refractivity contribution >= 4 is 46.8 Å². The van der Waals surface area contributed by atoms with Gasteiger partial charge in [-0.2, -0.15) is 0 Å². The third-order valence-corrected chi connectivity index (χ3v) is 5.43. The predicted molar refractivity (Wildman–Crippen MR) is 119 cm³/mol. The zero-order chi connectivity index (χ0) is 24.1. The Bertz CT molecular complexity index is 1080. The first-order valence-corrected chi connectivity index (χ1v) is 10.5. The molecule has 0 radical (unpaired) electrons. The normalized spacial score (nSPS) is 15.2. The summed E-state index contributed by atoms with van der Waals surface area (Å²) in [5.74, 6) is -2.33. The van der Waals surface area contributed by atoms with Crippen LogP contribution in [0.5, 0.6) is 11.5 Å². The largest absolute Gasteiger partial charge is 0.497 e. The van der Waals surface area contributed by atoms with E-state index in [1.54, 1.807) is 6.07 Å². The molecule has 0 aromatic heterocycles. The van der Waals surface area contributed by atoms with Crippen molar-refractivity contribution in [2.24, 2.45) is 5.92 Å². The van der Waals surface area contributed by atoms with Crippen molar-refractivity contribution < 1.29 is 33.4 Å². The second-order valence-corrected chi connectivity index (χ2v) is 7.95. The van der Waals surface area contributed by atoms with Gasteiger partial charge in [-0.15, -0.1) is 0 Å². The van der Waals surface area contributed by atoms with Gasteiger partial charge in [0.2, 0.25) is 11.7 Å². The van der Waals surface area contributed by atoms with Crippen LogP contribution in [0.3, 0.4) is 0 Å². The molecule has 1 aliphatic rings. The summed E-state index contributed by atoms with van der Waals surface area (Å²) in [6.07, 6.45) is -0.170. The quantitative estimate of drug-likeness (QED) is 0.443. The van der Waals surface area contributed by atoms with E-state index in [1.165, 1.54) is 44.6 Å². The number of methoxy groups -OCH3 is 2. The lowest BCUT2D eigenvalue weighted by atomic mass is 10.1. The molecule has 33 heavy (non-hydrogen) atoms. The van der Waals surface area contributed by atoms with Crippen molar-refractivity contribution in [3.05, 3.63) is 57.6 Å². The molecule has 2 aromatic rings. The van der Waals surface area contributed by atoms with E-state index in [2.05, 4.69) is 5.43 Å². The topological polar surface area (TPSA) is 111 Å². The molecule has 9 nitrogen and oxygen atoms in total. The Morgan fingerprint density at radius 1 is 1.06 bits per heavy atom. The van der Waals surface area contributed by atoms with Crippen molar-refractivity contribution in [2.75, 3.05) is 27.4 Å². The number of ketones is 1. The first kappa shape index (κ1) is 24.3. The standard InChI is InChI=1S/C22H20Cl2N2O7/c1-31-15-5-12(6-16(9-15)32-2)21(29)25-26-10-13(7-20(26)28)22(30)33-11-19(27)17-4-3-14(23)8-18(17)24/h3-6,8-9,13H,7,10-11H2,1-2H3,(H,25,29). The number of nitrogens with one attached hydrogen (secondary N) is 1. The molecular formula is C22H20Cl2N2O7. The lowest BCUT2D eigenvalue weighted by Gasteiger charge is -2.18. The maximum absolute atomic E-state index is 12.6. The number of carbonyl (C=O) groups is 4. The molecule has 0 aliphatic carbocycles. The van der Waals surface area contributed by atoms with Gasteiger partial charge in [-0.05, 0) is 30.3 Å². The zero-order valence-electron chi connectivity index (χ0n) is 17.7. The van der Waals surface area contributed by atoms with Crippen molar-refractivity contribution in [1.29, 1.82) is 0 Å². The highest BCUT2D eigenvalue weighted by molar-refractivity contribution is 6.36. The maximum Gasteiger partial charge on any atom is 0.311 e. The molecule has 1 atom stereocenters. The smallest absolute Gasteiger partial charge is 0.311 e. The first-order chi connectivity index (χ1) is 15.7. The molecule has 1 unspecified atom stereocenters. The van der Waals surface area contributed by atoms with Gasteiger partial charge in [-0.1, -0.05) is 23.2 Å². The number of esters is 1. The number of nitrogens with zero attached hydrogens (tertiary/aromatic N) is 1. The fraction of sp³-hybridized carbons (Fsp3) is 0.273. The molecule has 1 saturated heterocycles. The monoisotopic (exact) mass is 494 g/mol. The Hall–Kier alpha value is -3.30. The molecule has 1 aliphatic heterocycles. The van der Waals surface area contributed by atoms with E-state index in [-0.39, 0.29) is 29.1 Å². The number of rotatable bonds is 8. The number of hydrogen-bond donors (Lipinski definition) is 1. The second-order valence-electron chi connectivity index (χ2n) is 7.10. The fourth-order valence-electron chi connectivity index (χ4n) is 3.15. The summed E-state index contributed by atoms with van der Waals surface area (Å²) < 4.78 is 15.3. The van der Waals surface area contributed by atoms with E-state index in [9.17, 15) is 19.2 Å². The average molecular weight is 495 g/mol. The number of carbonyl (C=O) groups excluding carboxylic acids is 4. The summed E-state index contributed by atoms with van der Waals surface area (Å²) in [6.45, 7) is -0.638. The SMILES string of the molecule is COc1cc(OC)cc(C(=O)NN2CC(C(=O)OCC(=O)c3ccc(Cl)cc3Cl)CC2=O)c1. The van der Waals surface area contributed by atoms with Crippen LogP contribution >= 0.6 is 23.2 Å². The summed E-state index contributed by atoms with van der Waals surface area (Å²) in [6, 6.07) is 8.91. The summed E-state index contributed by atoms with van der Waals surface area (Å²) in [7, 11) is 2.89. The van der Waals surface area contributed by atoms with Crippen LogP contribution in [0.25, 0.3) is 0 Å². The van der Waals surface area contributed by atoms with Gasteiger partial charge in [0.05, 0.1) is 31.7 Å². The molecule has 1 N–H and O–H groups in total. The summed E-state index contributed by atoms with van der Waals surface area (Å²) in [4.78, 5) is 49.5. The minimum atomic E-state index is -0.842. The Kier molecular flexibility index (Phi) is 7.78. The molecule has 2 aromatic carbocycles.